The first-order valence-corrected chi connectivity index (χ1v) is 32.3. The Morgan fingerprint density at radius 3 is 0.862 bits per heavy atom. The van der Waals surface area contributed by atoms with Gasteiger partial charge in [0.1, 0.15) is 16.8 Å². The third-order valence-corrected chi connectivity index (χ3v) is 19.7. The first kappa shape index (κ1) is 64.7. The Morgan fingerprint density at radius 1 is 0.345 bits per heavy atom. The SMILES string of the molecule is CCC(CC(C)(C)OCCC(C)(C)OC(=O)c1ccc2sc3ccccc3c(=O)c2c1)(CC(C)(C)OCCC(C)(C)OC(=O)c1ccc2sc3ccccc3c(=O)c2c1)CC(C)(C)OCCC(C)(C)OC(=O)c1ccc2sc3ccccc3c(=O)c2c1. The smallest absolute Gasteiger partial charge is 0.338 e. The van der Waals surface area contributed by atoms with Gasteiger partial charge in [0.25, 0.3) is 0 Å². The van der Waals surface area contributed by atoms with Crippen LogP contribution in [0.4, 0.5) is 0 Å². The molecule has 0 spiro atoms. The maximum Gasteiger partial charge on any atom is 0.338 e. The fourth-order valence-electron chi connectivity index (χ4n) is 12.0. The summed E-state index contributed by atoms with van der Waals surface area (Å²) < 4.78 is 43.8. The molecule has 12 nitrogen and oxygen atoms in total. The number of fused-ring (bicyclic) bond motifs is 6. The van der Waals surface area contributed by atoms with E-state index in [2.05, 4.69) is 48.5 Å². The lowest BCUT2D eigenvalue weighted by Crippen LogP contribution is -2.45. The molecule has 0 aliphatic carbocycles. The average Bonchev–Trinajstić information content (AvgIpc) is 1.02. The molecular weight excluding hydrogens is 1150 g/mol. The molecule has 6 aromatic carbocycles. The molecule has 0 saturated carbocycles. The molecule has 0 N–H and O–H groups in total. The van der Waals surface area contributed by atoms with E-state index in [0.29, 0.717) is 87.5 Å². The number of hydrogen-bond acceptors (Lipinski definition) is 15. The first-order chi connectivity index (χ1) is 40.9. The molecule has 15 heteroatoms. The second kappa shape index (κ2) is 25.4. The lowest BCUT2D eigenvalue weighted by molar-refractivity contribution is -0.129. The molecule has 0 aliphatic heterocycles. The Hall–Kier alpha value is -6.72. The van der Waals surface area contributed by atoms with Crippen molar-refractivity contribution in [3.05, 3.63) is 175 Å². The largest absolute Gasteiger partial charge is 0.456 e. The number of hydrogen-bond donors (Lipinski definition) is 0. The van der Waals surface area contributed by atoms with Crippen molar-refractivity contribution >= 4 is 112 Å². The Balaban J connectivity index is 0.861. The van der Waals surface area contributed by atoms with Crippen LogP contribution in [-0.2, 0) is 28.4 Å². The van der Waals surface area contributed by atoms with Gasteiger partial charge in [0.15, 0.2) is 16.3 Å². The summed E-state index contributed by atoms with van der Waals surface area (Å²) in [6, 6.07) is 37.8. The van der Waals surface area contributed by atoms with E-state index in [9.17, 15) is 28.8 Å². The summed E-state index contributed by atoms with van der Waals surface area (Å²) in [6.07, 6.45) is 3.75. The number of rotatable bonds is 25. The zero-order chi connectivity index (χ0) is 62.9. The van der Waals surface area contributed by atoms with Crippen molar-refractivity contribution in [2.45, 2.75) is 169 Å². The van der Waals surface area contributed by atoms with Crippen molar-refractivity contribution in [3.8, 4) is 0 Å². The van der Waals surface area contributed by atoms with Crippen molar-refractivity contribution in [2.75, 3.05) is 19.8 Å². The Bertz CT molecular complexity index is 3830. The van der Waals surface area contributed by atoms with Gasteiger partial charge in [0.2, 0.25) is 0 Å². The molecule has 0 atom stereocenters. The number of ether oxygens (including phenoxy) is 6. The Kier molecular flexibility index (Phi) is 18.9. The molecule has 3 aromatic heterocycles. The number of carbonyl (C=O) groups is 3. The number of benzene rings is 6. The molecule has 9 rings (SSSR count). The van der Waals surface area contributed by atoms with Crippen molar-refractivity contribution in [2.24, 2.45) is 5.41 Å². The summed E-state index contributed by atoms with van der Waals surface area (Å²) >= 11 is 4.53. The number of carbonyl (C=O) groups excluding carboxylic acids is 3. The molecule has 0 unspecified atom stereocenters. The zero-order valence-electron chi connectivity index (χ0n) is 52.3. The van der Waals surface area contributed by atoms with E-state index in [4.69, 9.17) is 28.4 Å². The van der Waals surface area contributed by atoms with E-state index in [1.807, 2.05) is 96.1 Å². The van der Waals surface area contributed by atoms with Gasteiger partial charge < -0.3 is 28.4 Å². The van der Waals surface area contributed by atoms with Crippen LogP contribution in [0.3, 0.4) is 0 Å². The molecule has 0 bridgehead atoms. The highest BCUT2D eigenvalue weighted by molar-refractivity contribution is 7.25. The summed E-state index contributed by atoms with van der Waals surface area (Å²) in [5, 5.41) is 3.28. The minimum atomic E-state index is -0.913. The molecule has 87 heavy (non-hydrogen) atoms. The number of esters is 3. The maximum absolute atomic E-state index is 13.7. The third-order valence-electron chi connectivity index (χ3n) is 16.3. The van der Waals surface area contributed by atoms with E-state index in [1.165, 1.54) is 34.0 Å². The van der Waals surface area contributed by atoms with Crippen LogP contribution in [0.5, 0.6) is 0 Å². The molecule has 0 saturated heterocycles. The predicted molar refractivity (Wildman–Crippen MR) is 356 cm³/mol. The topological polar surface area (TPSA) is 158 Å². The second-order valence-electron chi connectivity index (χ2n) is 26.8. The van der Waals surface area contributed by atoms with Crippen LogP contribution in [0, 0.1) is 5.41 Å². The fraction of sp³-hybridized carbons (Fsp3) is 0.417. The normalized spacial score (nSPS) is 13.1. The summed E-state index contributed by atoms with van der Waals surface area (Å²) in [4.78, 5) is 81.6. The van der Waals surface area contributed by atoms with E-state index in [-0.39, 0.29) is 36.1 Å². The quantitative estimate of drug-likeness (QED) is 0.0303. The van der Waals surface area contributed by atoms with Crippen molar-refractivity contribution in [3.63, 3.8) is 0 Å². The van der Waals surface area contributed by atoms with Gasteiger partial charge in [-0.15, -0.1) is 34.0 Å². The predicted octanol–water partition coefficient (Wildman–Crippen LogP) is 17.2. The van der Waals surface area contributed by atoms with Crippen molar-refractivity contribution in [1.29, 1.82) is 0 Å². The first-order valence-electron chi connectivity index (χ1n) is 29.8. The van der Waals surface area contributed by atoms with Gasteiger partial charge in [-0.3, -0.25) is 14.4 Å². The summed E-state index contributed by atoms with van der Waals surface area (Å²) in [5.41, 5.74) is -4.68. The van der Waals surface area contributed by atoms with Crippen LogP contribution in [0.15, 0.2) is 142 Å². The minimum Gasteiger partial charge on any atom is -0.456 e. The molecule has 9 aromatic rings. The summed E-state index contributed by atoms with van der Waals surface area (Å²) in [5.74, 6) is -1.56. The molecule has 458 valence electrons. The van der Waals surface area contributed by atoms with Crippen LogP contribution >= 0.6 is 34.0 Å². The standard InChI is InChI=1S/C72H80O12S3/c1-14-72(42-69(8,9)79-36-33-66(2,3)82-63(76)45-27-30-57-51(39-45)60(73)48-21-15-18-24-54(48)85-57,43-70(10,11)80-37-34-67(4,5)83-64(77)46-28-31-58-52(40-46)61(74)49-22-16-19-25-55(49)86-58)44-71(12,13)81-38-35-68(6,7)84-65(78)47-29-32-59-53(41-47)62(75)50-23-17-20-26-56(50)87-59/h15-32,39-41H,14,33-38,42-44H2,1-13H3. The van der Waals surface area contributed by atoms with E-state index in [0.717, 1.165) is 34.6 Å². The average molecular weight is 1230 g/mol. The van der Waals surface area contributed by atoms with Crippen LogP contribution in [0.2, 0.25) is 0 Å². The van der Waals surface area contributed by atoms with Crippen LogP contribution in [0.25, 0.3) is 60.5 Å². The molecule has 0 aliphatic rings. The fourth-order valence-corrected chi connectivity index (χ4v) is 15.2. The molecule has 0 radical (unpaired) electrons. The second-order valence-corrected chi connectivity index (χ2v) is 30.1. The lowest BCUT2D eigenvalue weighted by atomic mass is 9.65. The van der Waals surface area contributed by atoms with Crippen LogP contribution in [0.1, 0.15) is 166 Å². The van der Waals surface area contributed by atoms with E-state index < -0.39 is 56.9 Å². The zero-order valence-corrected chi connectivity index (χ0v) is 54.8. The molecule has 3 heterocycles. The monoisotopic (exact) mass is 1230 g/mol. The maximum atomic E-state index is 13.7. The molecule has 0 amide bonds. The Morgan fingerprint density at radius 2 is 0.598 bits per heavy atom. The third kappa shape index (κ3) is 15.8. The van der Waals surface area contributed by atoms with Gasteiger partial charge in [-0.1, -0.05) is 49.7 Å². The van der Waals surface area contributed by atoms with Crippen molar-refractivity contribution in [1.82, 2.24) is 0 Å². The van der Waals surface area contributed by atoms with E-state index >= 15 is 0 Å². The van der Waals surface area contributed by atoms with Crippen LogP contribution < -0.4 is 16.3 Å². The highest BCUT2D eigenvalue weighted by Crippen LogP contribution is 2.48. The van der Waals surface area contributed by atoms with Gasteiger partial charge in [0.05, 0.1) is 53.3 Å². The molecular formula is C72H80O12S3. The van der Waals surface area contributed by atoms with Crippen LogP contribution in [-0.4, -0.2) is 71.3 Å². The Labute approximate surface area is 520 Å². The van der Waals surface area contributed by atoms with E-state index in [1.54, 1.807) is 72.8 Å². The minimum absolute atomic E-state index is 0.121. The van der Waals surface area contributed by atoms with Gasteiger partial charge in [-0.2, -0.15) is 0 Å². The van der Waals surface area contributed by atoms with Gasteiger partial charge in [-0.05, 0) is 199 Å². The van der Waals surface area contributed by atoms with Gasteiger partial charge in [0, 0.05) is 79.8 Å². The summed E-state index contributed by atoms with van der Waals surface area (Å²) in [6.45, 7) is 26.7. The highest BCUT2D eigenvalue weighted by Gasteiger charge is 2.45. The van der Waals surface area contributed by atoms with Gasteiger partial charge >= 0.3 is 17.9 Å². The lowest BCUT2D eigenvalue weighted by Gasteiger charge is -2.47. The summed E-state index contributed by atoms with van der Waals surface area (Å²) in [7, 11) is 0. The van der Waals surface area contributed by atoms with Crippen molar-refractivity contribution < 1.29 is 42.8 Å². The highest BCUT2D eigenvalue weighted by atomic mass is 32.1. The molecule has 0 fully saturated rings. The van der Waals surface area contributed by atoms with Gasteiger partial charge in [-0.25, -0.2) is 14.4 Å².